The van der Waals surface area contributed by atoms with Crippen LogP contribution < -0.4 is 9.57 Å². The van der Waals surface area contributed by atoms with Crippen molar-refractivity contribution in [1.82, 2.24) is 4.83 Å². The molecular weight excluding hydrogens is 350 g/mol. The monoisotopic (exact) mass is 365 g/mol. The number of aryl methyl sites for hydroxylation is 1. The van der Waals surface area contributed by atoms with Gasteiger partial charge in [0, 0.05) is 11.6 Å². The third-order valence-corrected chi connectivity index (χ3v) is 4.45. The normalized spacial score (nSPS) is 11.4. The highest BCUT2D eigenvalue weighted by Crippen LogP contribution is 2.36. The molecule has 0 aliphatic rings. The molecule has 10 heteroatoms. The first-order valence-corrected chi connectivity index (χ1v) is 8.40. The molecule has 0 aliphatic heterocycles. The maximum atomic E-state index is 12.1. The lowest BCUT2D eigenvalue weighted by atomic mass is 10.2. The molecule has 2 aromatic carbocycles. The van der Waals surface area contributed by atoms with Gasteiger partial charge in [0.2, 0.25) is 5.75 Å². The molecule has 25 heavy (non-hydrogen) atoms. The number of hydrogen-bond acceptors (Lipinski definition) is 7. The van der Waals surface area contributed by atoms with Gasteiger partial charge in [-0.1, -0.05) is 17.7 Å². The molecule has 0 amide bonds. The van der Waals surface area contributed by atoms with Crippen LogP contribution in [0.1, 0.15) is 11.1 Å². The Morgan fingerprint density at radius 1 is 1.28 bits per heavy atom. The number of hydrazone groups is 1. The van der Waals surface area contributed by atoms with Gasteiger partial charge in [0.15, 0.2) is 5.75 Å². The van der Waals surface area contributed by atoms with E-state index in [2.05, 4.69) is 5.10 Å². The molecule has 9 nitrogen and oxygen atoms in total. The molecule has 0 heterocycles. The zero-order valence-corrected chi connectivity index (χ0v) is 14.1. The smallest absolute Gasteiger partial charge is 0.315 e. The summed E-state index contributed by atoms with van der Waals surface area (Å²) in [7, 11) is -2.62. The number of benzene rings is 2. The summed E-state index contributed by atoms with van der Waals surface area (Å²) in [6.07, 6.45) is 1.07. The molecule has 2 aromatic rings. The average molecular weight is 365 g/mol. The standard InChI is InChI=1S/C15H15N3O6S/c1-10-3-5-12(6-4-10)25(22,23)17-16-9-11-7-13(18(20)21)15(19)14(8-11)24-2/h3-9,17,19H,1-2H3/b16-9-. The third-order valence-electron chi connectivity index (χ3n) is 3.21. The van der Waals surface area contributed by atoms with Crippen molar-refractivity contribution in [3.63, 3.8) is 0 Å². The van der Waals surface area contributed by atoms with E-state index >= 15 is 0 Å². The zero-order valence-electron chi connectivity index (χ0n) is 13.3. The summed E-state index contributed by atoms with van der Waals surface area (Å²) >= 11 is 0. The molecular formula is C15H15N3O6S. The Kier molecular flexibility index (Phi) is 5.22. The summed E-state index contributed by atoms with van der Waals surface area (Å²) in [5.74, 6) is -0.748. The van der Waals surface area contributed by atoms with Crippen LogP contribution in [0.3, 0.4) is 0 Å². The van der Waals surface area contributed by atoms with Gasteiger partial charge >= 0.3 is 5.69 Å². The van der Waals surface area contributed by atoms with Gasteiger partial charge in [0.1, 0.15) is 0 Å². The predicted octanol–water partition coefficient (Wildman–Crippen LogP) is 1.93. The number of rotatable bonds is 6. The number of phenolic OH excluding ortho intramolecular Hbond substituents is 1. The predicted molar refractivity (Wildman–Crippen MR) is 90.4 cm³/mol. The van der Waals surface area contributed by atoms with Gasteiger partial charge in [-0.3, -0.25) is 10.1 Å². The Hall–Kier alpha value is -3.14. The van der Waals surface area contributed by atoms with Crippen molar-refractivity contribution < 1.29 is 23.2 Å². The summed E-state index contributed by atoms with van der Waals surface area (Å²) < 4.78 is 29.0. The van der Waals surface area contributed by atoms with E-state index in [9.17, 15) is 23.6 Å². The van der Waals surface area contributed by atoms with Crippen molar-refractivity contribution in [2.75, 3.05) is 7.11 Å². The van der Waals surface area contributed by atoms with Gasteiger partial charge in [0.05, 0.1) is 23.1 Å². The molecule has 0 saturated carbocycles. The van der Waals surface area contributed by atoms with E-state index in [0.717, 1.165) is 17.8 Å². The molecule has 0 saturated heterocycles. The lowest BCUT2D eigenvalue weighted by Crippen LogP contribution is -2.18. The van der Waals surface area contributed by atoms with E-state index in [1.807, 2.05) is 11.8 Å². The van der Waals surface area contributed by atoms with Crippen LogP contribution in [0.25, 0.3) is 0 Å². The van der Waals surface area contributed by atoms with Crippen LogP contribution in [0, 0.1) is 17.0 Å². The number of nitro benzene ring substituents is 1. The number of nitrogens with one attached hydrogen (secondary N) is 1. The number of methoxy groups -OCH3 is 1. The fraction of sp³-hybridized carbons (Fsp3) is 0.133. The van der Waals surface area contributed by atoms with E-state index in [-0.39, 0.29) is 16.2 Å². The van der Waals surface area contributed by atoms with Gasteiger partial charge in [-0.05, 0) is 25.1 Å². The fourth-order valence-electron chi connectivity index (χ4n) is 1.92. The maximum absolute atomic E-state index is 12.1. The van der Waals surface area contributed by atoms with Crippen LogP contribution in [0.15, 0.2) is 46.4 Å². The van der Waals surface area contributed by atoms with E-state index < -0.39 is 26.4 Å². The lowest BCUT2D eigenvalue weighted by molar-refractivity contribution is -0.386. The fourth-order valence-corrected chi connectivity index (χ4v) is 2.71. The Morgan fingerprint density at radius 2 is 1.92 bits per heavy atom. The SMILES string of the molecule is COc1cc(/C=N\NS(=O)(=O)c2ccc(C)cc2)cc([N+](=O)[O-])c1O. The van der Waals surface area contributed by atoms with Crippen molar-refractivity contribution in [2.45, 2.75) is 11.8 Å². The minimum absolute atomic E-state index is 0.0320. The van der Waals surface area contributed by atoms with Crippen molar-refractivity contribution >= 4 is 21.9 Å². The number of nitro groups is 1. The highest BCUT2D eigenvalue weighted by Gasteiger charge is 2.19. The molecule has 0 unspecified atom stereocenters. The lowest BCUT2D eigenvalue weighted by Gasteiger charge is -2.06. The minimum Gasteiger partial charge on any atom is -0.500 e. The van der Waals surface area contributed by atoms with Crippen molar-refractivity contribution in [1.29, 1.82) is 0 Å². The molecule has 2 rings (SSSR count). The molecule has 0 radical (unpaired) electrons. The first-order valence-electron chi connectivity index (χ1n) is 6.91. The van der Waals surface area contributed by atoms with Gasteiger partial charge < -0.3 is 9.84 Å². The summed E-state index contributed by atoms with van der Waals surface area (Å²) in [6.45, 7) is 1.83. The molecule has 0 spiro atoms. The average Bonchev–Trinajstić information content (AvgIpc) is 2.56. The summed E-state index contributed by atoms with van der Waals surface area (Å²) in [6, 6.07) is 8.48. The van der Waals surface area contributed by atoms with Crippen LogP contribution in [-0.4, -0.2) is 31.8 Å². The van der Waals surface area contributed by atoms with Crippen LogP contribution in [0.2, 0.25) is 0 Å². The van der Waals surface area contributed by atoms with Crippen molar-refractivity contribution in [3.05, 3.63) is 57.6 Å². The summed E-state index contributed by atoms with van der Waals surface area (Å²) in [5.41, 5.74) is 0.501. The van der Waals surface area contributed by atoms with Gasteiger partial charge in [-0.25, -0.2) is 4.83 Å². The zero-order chi connectivity index (χ0) is 18.6. The molecule has 0 atom stereocenters. The van der Waals surface area contributed by atoms with E-state index in [1.165, 1.54) is 25.3 Å². The summed E-state index contributed by atoms with van der Waals surface area (Å²) in [4.78, 5) is 12.2. The van der Waals surface area contributed by atoms with Crippen LogP contribution in [0.5, 0.6) is 11.5 Å². The topological polar surface area (TPSA) is 131 Å². The molecule has 2 N–H and O–H groups in total. The number of hydrogen-bond donors (Lipinski definition) is 2. The largest absolute Gasteiger partial charge is 0.500 e. The maximum Gasteiger partial charge on any atom is 0.315 e. The second kappa shape index (κ2) is 7.18. The number of ether oxygens (including phenoxy) is 1. The summed E-state index contributed by atoms with van der Waals surface area (Å²) in [5, 5.41) is 24.2. The van der Waals surface area contributed by atoms with Crippen molar-refractivity contribution in [3.8, 4) is 11.5 Å². The van der Waals surface area contributed by atoms with Crippen LogP contribution in [0.4, 0.5) is 5.69 Å². The van der Waals surface area contributed by atoms with E-state index in [4.69, 9.17) is 4.74 Å². The highest BCUT2D eigenvalue weighted by molar-refractivity contribution is 7.89. The molecule has 0 bridgehead atoms. The minimum atomic E-state index is -3.86. The number of aromatic hydroxyl groups is 1. The van der Waals surface area contributed by atoms with Crippen LogP contribution in [-0.2, 0) is 10.0 Å². The van der Waals surface area contributed by atoms with Crippen molar-refractivity contribution in [2.24, 2.45) is 5.10 Å². The number of phenols is 1. The second-order valence-corrected chi connectivity index (χ2v) is 6.67. The van der Waals surface area contributed by atoms with Gasteiger partial charge in [-0.15, -0.1) is 0 Å². The third kappa shape index (κ3) is 4.23. The highest BCUT2D eigenvalue weighted by atomic mass is 32.2. The Balaban J connectivity index is 2.26. The quantitative estimate of drug-likeness (QED) is 0.457. The van der Waals surface area contributed by atoms with Gasteiger partial charge in [-0.2, -0.15) is 13.5 Å². The Morgan fingerprint density at radius 3 is 2.48 bits per heavy atom. The Bertz CT molecular complexity index is 923. The number of sulfonamides is 1. The molecule has 132 valence electrons. The van der Waals surface area contributed by atoms with E-state index in [1.54, 1.807) is 12.1 Å². The Labute approximate surface area is 143 Å². The molecule has 0 fully saturated rings. The van der Waals surface area contributed by atoms with Gasteiger partial charge in [0.25, 0.3) is 10.0 Å². The first-order chi connectivity index (χ1) is 11.7. The molecule has 0 aromatic heterocycles. The molecule has 0 aliphatic carbocycles. The van der Waals surface area contributed by atoms with Crippen LogP contribution >= 0.6 is 0 Å². The number of nitrogens with zero attached hydrogens (tertiary/aromatic N) is 2. The van der Waals surface area contributed by atoms with E-state index in [0.29, 0.717) is 0 Å². The first kappa shape index (κ1) is 18.2. The second-order valence-electron chi connectivity index (χ2n) is 5.01.